The Labute approximate surface area is 188 Å². The maximum atomic E-state index is 12.3. The van der Waals surface area contributed by atoms with Gasteiger partial charge < -0.3 is 0 Å². The van der Waals surface area contributed by atoms with Crippen LogP contribution in [-0.2, 0) is 11.3 Å². The van der Waals surface area contributed by atoms with Crippen LogP contribution in [0.5, 0.6) is 0 Å². The molecule has 3 saturated heterocycles. The lowest BCUT2D eigenvalue weighted by Gasteiger charge is -2.37. The van der Waals surface area contributed by atoms with E-state index in [2.05, 4.69) is 32.3 Å². The summed E-state index contributed by atoms with van der Waals surface area (Å²) in [5.41, 5.74) is 2.92. The van der Waals surface area contributed by atoms with E-state index >= 15 is 0 Å². The van der Waals surface area contributed by atoms with Gasteiger partial charge in [-0.25, -0.2) is 9.31 Å². The fourth-order valence-electron chi connectivity index (χ4n) is 6.30. The lowest BCUT2D eigenvalue weighted by molar-refractivity contribution is -0.120. The highest BCUT2D eigenvalue weighted by atomic mass is 16.2. The van der Waals surface area contributed by atoms with Gasteiger partial charge in [0.2, 0.25) is 5.91 Å². The summed E-state index contributed by atoms with van der Waals surface area (Å²) >= 11 is 0. The van der Waals surface area contributed by atoms with Crippen molar-refractivity contribution in [1.82, 2.24) is 24.7 Å². The fraction of sp³-hybridized carbons (Fsp3) is 0.625. The highest BCUT2D eigenvalue weighted by Gasteiger charge is 2.43. The molecule has 5 heterocycles. The number of carbonyl (C=O) groups is 2. The van der Waals surface area contributed by atoms with E-state index in [-0.39, 0.29) is 11.9 Å². The number of likely N-dealkylation sites (tertiary alicyclic amines) is 2. The van der Waals surface area contributed by atoms with E-state index in [1.807, 2.05) is 10.7 Å². The van der Waals surface area contributed by atoms with E-state index in [0.29, 0.717) is 25.0 Å². The van der Waals surface area contributed by atoms with Crippen LogP contribution in [0, 0.1) is 5.92 Å². The quantitative estimate of drug-likeness (QED) is 0.780. The molecule has 4 aliphatic rings. The Bertz CT molecular complexity index is 1030. The molecule has 0 aromatic carbocycles. The number of rotatable bonds is 5. The molecule has 0 radical (unpaired) electrons. The number of piperazine rings is 1. The van der Waals surface area contributed by atoms with Gasteiger partial charge in [0.1, 0.15) is 0 Å². The van der Waals surface area contributed by atoms with Crippen molar-refractivity contribution < 1.29 is 9.59 Å². The number of nitrogens with zero attached hydrogens (tertiary/aromatic N) is 5. The Morgan fingerprint density at radius 1 is 1.06 bits per heavy atom. The second kappa shape index (κ2) is 8.15. The molecule has 1 saturated carbocycles. The molecule has 1 N–H and O–H groups in total. The largest absolute Gasteiger partial charge is 0.328 e. The lowest BCUT2D eigenvalue weighted by Crippen LogP contribution is -2.49. The summed E-state index contributed by atoms with van der Waals surface area (Å²) in [6.45, 7) is 5.00. The predicted molar refractivity (Wildman–Crippen MR) is 121 cm³/mol. The molecule has 2 aromatic rings. The maximum Gasteiger partial charge on any atom is 0.328 e. The van der Waals surface area contributed by atoms with Crippen molar-refractivity contribution in [1.29, 1.82) is 0 Å². The van der Waals surface area contributed by atoms with Gasteiger partial charge in [0.15, 0.2) is 0 Å². The number of imide groups is 1. The number of hydrogen-bond donors (Lipinski definition) is 1. The molecule has 4 fully saturated rings. The maximum absolute atomic E-state index is 12.3. The molecule has 3 amide bonds. The van der Waals surface area contributed by atoms with E-state index in [1.165, 1.54) is 57.2 Å². The van der Waals surface area contributed by atoms with E-state index in [0.717, 1.165) is 30.2 Å². The minimum Gasteiger partial charge on any atom is -0.297 e. The first-order valence-corrected chi connectivity index (χ1v) is 12.2. The number of anilines is 1. The zero-order valence-corrected chi connectivity index (χ0v) is 18.6. The van der Waals surface area contributed by atoms with Crippen molar-refractivity contribution >= 4 is 23.1 Å². The predicted octanol–water partition coefficient (Wildman–Crippen LogP) is 2.62. The second-order valence-electron chi connectivity index (χ2n) is 10.1. The Morgan fingerprint density at radius 2 is 1.88 bits per heavy atom. The van der Waals surface area contributed by atoms with Crippen LogP contribution in [0.15, 0.2) is 24.5 Å². The molecule has 2 atom stereocenters. The van der Waals surface area contributed by atoms with Crippen molar-refractivity contribution in [3.63, 3.8) is 0 Å². The number of fused-ring (bicyclic) bond motifs is 3. The number of amides is 3. The summed E-state index contributed by atoms with van der Waals surface area (Å²) in [7, 11) is 0. The molecular weight excluding hydrogens is 404 g/mol. The summed E-state index contributed by atoms with van der Waals surface area (Å²) in [4.78, 5) is 30.8. The average molecular weight is 437 g/mol. The highest BCUT2D eigenvalue weighted by Crippen LogP contribution is 2.35. The van der Waals surface area contributed by atoms with Gasteiger partial charge in [0.25, 0.3) is 0 Å². The molecule has 2 aromatic heterocycles. The van der Waals surface area contributed by atoms with Crippen molar-refractivity contribution in [2.75, 3.05) is 31.1 Å². The summed E-state index contributed by atoms with van der Waals surface area (Å²) in [6.07, 6.45) is 12.4. The van der Waals surface area contributed by atoms with E-state index in [9.17, 15) is 9.59 Å². The first-order chi connectivity index (χ1) is 15.6. The van der Waals surface area contributed by atoms with Crippen molar-refractivity contribution in [2.24, 2.45) is 5.92 Å². The molecule has 1 aliphatic carbocycles. The number of urea groups is 1. The van der Waals surface area contributed by atoms with Crippen LogP contribution in [-0.4, -0.2) is 69.6 Å². The molecule has 170 valence electrons. The van der Waals surface area contributed by atoms with E-state index < -0.39 is 0 Å². The van der Waals surface area contributed by atoms with E-state index in [4.69, 9.17) is 0 Å². The van der Waals surface area contributed by atoms with Crippen LogP contribution in [0.4, 0.5) is 10.5 Å². The van der Waals surface area contributed by atoms with Crippen LogP contribution in [0.2, 0.25) is 0 Å². The number of aromatic nitrogens is 2. The standard InChI is InChI=1S/C24H32N6O2/c31-23-7-8-29(24(32)26-23)22-12-25-30-9-6-18(10-21(22)30)14-28-16-19-11-20(28)15-27(19)13-17-4-2-1-3-5-17/h6,9-10,12,17,19-20H,1-5,7-8,11,13-16H2,(H,26,31,32)/t19-,20-/m1/s1. The van der Waals surface area contributed by atoms with Crippen molar-refractivity contribution in [3.05, 3.63) is 30.1 Å². The van der Waals surface area contributed by atoms with Crippen LogP contribution >= 0.6 is 0 Å². The molecule has 0 spiro atoms. The van der Waals surface area contributed by atoms with Crippen molar-refractivity contribution in [2.45, 2.75) is 63.6 Å². The minimum atomic E-state index is -0.364. The smallest absolute Gasteiger partial charge is 0.297 e. The molecule has 0 unspecified atom stereocenters. The third kappa shape index (κ3) is 3.69. The molecule has 2 bridgehead atoms. The van der Waals surface area contributed by atoms with Crippen molar-refractivity contribution in [3.8, 4) is 0 Å². The first-order valence-electron chi connectivity index (χ1n) is 12.2. The zero-order chi connectivity index (χ0) is 21.7. The first kappa shape index (κ1) is 20.2. The summed E-state index contributed by atoms with van der Waals surface area (Å²) < 4.78 is 1.81. The van der Waals surface area contributed by atoms with E-state index in [1.54, 1.807) is 11.1 Å². The molecule has 3 aliphatic heterocycles. The van der Waals surface area contributed by atoms with Crippen LogP contribution < -0.4 is 10.2 Å². The van der Waals surface area contributed by atoms with Crippen LogP contribution in [0.3, 0.4) is 0 Å². The Morgan fingerprint density at radius 3 is 2.66 bits per heavy atom. The SMILES string of the molecule is O=C1CCN(c2cnn3ccc(CN4C[C@H]5C[C@@H]4CN5CC4CCCCC4)cc23)C(=O)N1. The average Bonchev–Trinajstić information content (AvgIpc) is 3.49. The van der Waals surface area contributed by atoms with Gasteiger partial charge >= 0.3 is 6.03 Å². The molecule has 6 rings (SSSR count). The Kier molecular flexibility index (Phi) is 5.14. The highest BCUT2D eigenvalue weighted by molar-refractivity contribution is 6.07. The van der Waals surface area contributed by atoms with Crippen LogP contribution in [0.1, 0.15) is 50.5 Å². The van der Waals surface area contributed by atoms with Gasteiger partial charge in [-0.3, -0.25) is 24.8 Å². The third-order valence-corrected chi connectivity index (χ3v) is 7.98. The lowest BCUT2D eigenvalue weighted by atomic mass is 9.89. The Hall–Kier alpha value is -2.45. The van der Waals surface area contributed by atoms with Gasteiger partial charge in [-0.05, 0) is 42.9 Å². The molecular formula is C24H32N6O2. The minimum absolute atomic E-state index is 0.218. The molecule has 8 heteroatoms. The fourth-order valence-corrected chi connectivity index (χ4v) is 6.30. The normalized spacial score (nSPS) is 27.6. The number of carbonyl (C=O) groups excluding carboxylic acids is 2. The monoisotopic (exact) mass is 436 g/mol. The third-order valence-electron chi connectivity index (χ3n) is 7.98. The summed E-state index contributed by atoms with van der Waals surface area (Å²) in [5, 5.41) is 6.82. The molecule has 8 nitrogen and oxygen atoms in total. The van der Waals surface area contributed by atoms with Gasteiger partial charge in [0, 0.05) is 57.4 Å². The zero-order valence-electron chi connectivity index (χ0n) is 18.6. The summed E-state index contributed by atoms with van der Waals surface area (Å²) in [6, 6.07) is 5.29. The van der Waals surface area contributed by atoms with Gasteiger partial charge in [-0.1, -0.05) is 19.3 Å². The number of pyridine rings is 1. The Balaban J connectivity index is 1.13. The second-order valence-corrected chi connectivity index (χ2v) is 10.1. The molecule has 32 heavy (non-hydrogen) atoms. The van der Waals surface area contributed by atoms with Crippen LogP contribution in [0.25, 0.3) is 5.52 Å². The van der Waals surface area contributed by atoms with Gasteiger partial charge in [-0.15, -0.1) is 0 Å². The van der Waals surface area contributed by atoms with Gasteiger partial charge in [-0.2, -0.15) is 5.10 Å². The van der Waals surface area contributed by atoms with Gasteiger partial charge in [0.05, 0.1) is 17.4 Å². The topological polar surface area (TPSA) is 73.2 Å². The summed E-state index contributed by atoms with van der Waals surface area (Å²) in [5.74, 6) is 0.701. The number of nitrogens with one attached hydrogen (secondary N) is 1. The number of hydrogen-bond acceptors (Lipinski definition) is 5.